The van der Waals surface area contributed by atoms with E-state index >= 15 is 0 Å². The minimum absolute atomic E-state index is 0.122. The Morgan fingerprint density at radius 1 is 1.32 bits per heavy atom. The van der Waals surface area contributed by atoms with Gasteiger partial charge in [0, 0.05) is 23.7 Å². The lowest BCUT2D eigenvalue weighted by Gasteiger charge is -2.31. The molecule has 1 aromatic carbocycles. The minimum atomic E-state index is 0.122. The zero-order valence-corrected chi connectivity index (χ0v) is 14.1. The summed E-state index contributed by atoms with van der Waals surface area (Å²) in [6.07, 6.45) is 0. The lowest BCUT2D eigenvalue weighted by molar-refractivity contribution is -0.130. The number of morpholine rings is 1. The summed E-state index contributed by atoms with van der Waals surface area (Å²) in [6, 6.07) is 6.33. The molecule has 0 aromatic heterocycles. The van der Waals surface area contributed by atoms with Crippen molar-refractivity contribution >= 4 is 23.4 Å². The Morgan fingerprint density at radius 3 is 2.73 bits per heavy atom. The second kappa shape index (κ2) is 6.34. The zero-order chi connectivity index (χ0) is 15.7. The second-order valence-corrected chi connectivity index (χ2v) is 7.08. The molecule has 0 atom stereocenters. The van der Waals surface area contributed by atoms with Crippen molar-refractivity contribution in [1.82, 2.24) is 4.90 Å². The van der Waals surface area contributed by atoms with Crippen molar-refractivity contribution < 1.29 is 9.53 Å². The summed E-state index contributed by atoms with van der Waals surface area (Å²) in [5.41, 5.74) is 3.33. The third-order valence-corrected chi connectivity index (χ3v) is 5.09. The van der Waals surface area contributed by atoms with Crippen molar-refractivity contribution in [2.45, 2.75) is 25.7 Å². The van der Waals surface area contributed by atoms with Gasteiger partial charge in [-0.25, -0.2) is 0 Å². The summed E-state index contributed by atoms with van der Waals surface area (Å²) in [4.78, 5) is 16.8. The first kappa shape index (κ1) is 15.4. The summed E-state index contributed by atoms with van der Waals surface area (Å²) in [5, 5.41) is 3.47. The number of fused-ring (bicyclic) bond motifs is 1. The lowest BCUT2D eigenvalue weighted by atomic mass is 10.1. The molecule has 1 fully saturated rings. The van der Waals surface area contributed by atoms with Gasteiger partial charge in [0.05, 0.1) is 23.8 Å². The fraction of sp³-hybridized carbons (Fsp3) is 0.471. The smallest absolute Gasteiger partial charge is 0.262 e. The van der Waals surface area contributed by atoms with Crippen molar-refractivity contribution in [2.75, 3.05) is 31.6 Å². The molecule has 2 heterocycles. The molecule has 4 nitrogen and oxygen atoms in total. The lowest BCUT2D eigenvalue weighted by Crippen LogP contribution is -2.42. The van der Waals surface area contributed by atoms with Crippen LogP contribution in [0.1, 0.15) is 19.4 Å². The standard InChI is InChI=1S/C17H22N2O2S/c1-11(2)15-16(17(20)19-6-8-21-9-7-19)22-14-10-12(3)4-5-13(14)18-15/h4-5,10-11,18H,6-9H2,1-3H3. The molecule has 0 bridgehead atoms. The van der Waals surface area contributed by atoms with Crippen LogP contribution in [0.3, 0.4) is 0 Å². The van der Waals surface area contributed by atoms with E-state index in [-0.39, 0.29) is 11.8 Å². The van der Waals surface area contributed by atoms with E-state index in [0.29, 0.717) is 26.3 Å². The Morgan fingerprint density at radius 2 is 2.05 bits per heavy atom. The largest absolute Gasteiger partial charge is 0.378 e. The van der Waals surface area contributed by atoms with E-state index in [4.69, 9.17) is 4.74 Å². The third kappa shape index (κ3) is 3.01. The number of allylic oxidation sites excluding steroid dienone is 1. The fourth-order valence-electron chi connectivity index (χ4n) is 2.66. The first-order valence-corrected chi connectivity index (χ1v) is 8.54. The van der Waals surface area contributed by atoms with Crippen LogP contribution in [-0.4, -0.2) is 37.1 Å². The molecule has 1 aromatic rings. The van der Waals surface area contributed by atoms with Gasteiger partial charge in [0.15, 0.2) is 0 Å². The Hall–Kier alpha value is -1.46. The monoisotopic (exact) mass is 318 g/mol. The molecule has 118 valence electrons. The summed E-state index contributed by atoms with van der Waals surface area (Å²) in [5.74, 6) is 0.401. The summed E-state index contributed by atoms with van der Waals surface area (Å²) < 4.78 is 5.35. The van der Waals surface area contributed by atoms with E-state index in [0.717, 1.165) is 21.2 Å². The molecule has 5 heteroatoms. The van der Waals surface area contributed by atoms with Crippen molar-refractivity contribution in [3.63, 3.8) is 0 Å². The first-order chi connectivity index (χ1) is 10.6. The van der Waals surface area contributed by atoms with Gasteiger partial charge in [-0.3, -0.25) is 4.79 Å². The molecule has 22 heavy (non-hydrogen) atoms. The van der Waals surface area contributed by atoms with E-state index in [9.17, 15) is 4.79 Å². The number of benzene rings is 1. The number of nitrogens with zero attached hydrogens (tertiary/aromatic N) is 1. The van der Waals surface area contributed by atoms with E-state index in [1.165, 1.54) is 5.56 Å². The predicted octanol–water partition coefficient (Wildman–Crippen LogP) is 3.24. The predicted molar refractivity (Wildman–Crippen MR) is 89.9 cm³/mol. The normalized spacial score (nSPS) is 18.3. The zero-order valence-electron chi connectivity index (χ0n) is 13.3. The number of aryl methyl sites for hydroxylation is 1. The number of hydrogen-bond acceptors (Lipinski definition) is 4. The van der Waals surface area contributed by atoms with Gasteiger partial charge >= 0.3 is 0 Å². The van der Waals surface area contributed by atoms with Crippen molar-refractivity contribution in [3.05, 3.63) is 34.4 Å². The average Bonchev–Trinajstić information content (AvgIpc) is 2.53. The van der Waals surface area contributed by atoms with Crippen LogP contribution in [-0.2, 0) is 9.53 Å². The molecule has 0 aliphatic carbocycles. The fourth-order valence-corrected chi connectivity index (χ4v) is 3.97. The number of hydrogen-bond donors (Lipinski definition) is 1. The van der Waals surface area contributed by atoms with Gasteiger partial charge in [-0.05, 0) is 30.5 Å². The molecule has 0 spiro atoms. The maximum Gasteiger partial charge on any atom is 0.262 e. The van der Waals surface area contributed by atoms with Gasteiger partial charge in [-0.15, -0.1) is 0 Å². The molecule has 1 amide bonds. The number of ether oxygens (including phenoxy) is 1. The van der Waals surface area contributed by atoms with Gasteiger partial charge in [-0.1, -0.05) is 31.7 Å². The molecular formula is C17H22N2O2S. The highest BCUT2D eigenvalue weighted by Crippen LogP contribution is 2.42. The number of carbonyl (C=O) groups excluding carboxylic acids is 1. The molecule has 1 saturated heterocycles. The molecule has 0 unspecified atom stereocenters. The Kier molecular flexibility index (Phi) is 4.45. The van der Waals surface area contributed by atoms with Crippen LogP contribution in [0.15, 0.2) is 33.7 Å². The summed E-state index contributed by atoms with van der Waals surface area (Å²) in [7, 11) is 0. The van der Waals surface area contributed by atoms with Gasteiger partial charge in [0.2, 0.25) is 0 Å². The van der Waals surface area contributed by atoms with E-state index < -0.39 is 0 Å². The Labute approximate surface area is 135 Å². The minimum Gasteiger partial charge on any atom is -0.378 e. The van der Waals surface area contributed by atoms with Gasteiger partial charge in [-0.2, -0.15) is 0 Å². The average molecular weight is 318 g/mol. The molecule has 0 saturated carbocycles. The maximum atomic E-state index is 12.9. The van der Waals surface area contributed by atoms with Crippen molar-refractivity contribution in [1.29, 1.82) is 0 Å². The van der Waals surface area contributed by atoms with Crippen LogP contribution in [0.5, 0.6) is 0 Å². The number of amides is 1. The summed E-state index contributed by atoms with van der Waals surface area (Å²) in [6.45, 7) is 8.92. The van der Waals surface area contributed by atoms with Crippen LogP contribution in [0, 0.1) is 12.8 Å². The highest BCUT2D eigenvalue weighted by Gasteiger charge is 2.29. The van der Waals surface area contributed by atoms with Crippen molar-refractivity contribution in [3.8, 4) is 0 Å². The number of anilines is 1. The number of rotatable bonds is 2. The van der Waals surface area contributed by atoms with Crippen LogP contribution in [0.25, 0.3) is 0 Å². The quantitative estimate of drug-likeness (QED) is 0.909. The molecule has 3 rings (SSSR count). The highest BCUT2D eigenvalue weighted by molar-refractivity contribution is 8.04. The van der Waals surface area contributed by atoms with Gasteiger partial charge in [0.1, 0.15) is 0 Å². The third-order valence-electron chi connectivity index (χ3n) is 3.93. The van der Waals surface area contributed by atoms with Crippen LogP contribution < -0.4 is 5.32 Å². The van der Waals surface area contributed by atoms with Crippen LogP contribution in [0.2, 0.25) is 0 Å². The second-order valence-electron chi connectivity index (χ2n) is 6.03. The first-order valence-electron chi connectivity index (χ1n) is 7.73. The Balaban J connectivity index is 1.93. The van der Waals surface area contributed by atoms with Crippen LogP contribution >= 0.6 is 11.8 Å². The molecular weight excluding hydrogens is 296 g/mol. The topological polar surface area (TPSA) is 41.6 Å². The van der Waals surface area contributed by atoms with Gasteiger partial charge in [0.25, 0.3) is 5.91 Å². The van der Waals surface area contributed by atoms with E-state index in [2.05, 4.69) is 44.3 Å². The SMILES string of the molecule is Cc1ccc2c(c1)SC(C(=O)N1CCOCC1)=C(C(C)C)N2. The highest BCUT2D eigenvalue weighted by atomic mass is 32.2. The Bertz CT molecular complexity index is 619. The van der Waals surface area contributed by atoms with E-state index in [1.54, 1.807) is 11.8 Å². The molecule has 2 aliphatic heterocycles. The molecule has 1 N–H and O–H groups in total. The number of carbonyl (C=O) groups is 1. The molecule has 0 radical (unpaired) electrons. The van der Waals surface area contributed by atoms with Crippen molar-refractivity contribution in [2.24, 2.45) is 5.92 Å². The van der Waals surface area contributed by atoms with Crippen LogP contribution in [0.4, 0.5) is 5.69 Å². The number of nitrogens with one attached hydrogen (secondary N) is 1. The maximum absolute atomic E-state index is 12.9. The summed E-state index contributed by atoms with van der Waals surface area (Å²) >= 11 is 1.59. The molecule has 2 aliphatic rings. The number of thioether (sulfide) groups is 1. The van der Waals surface area contributed by atoms with Gasteiger partial charge < -0.3 is 15.0 Å². The van der Waals surface area contributed by atoms with E-state index in [1.807, 2.05) is 4.90 Å².